The Balaban J connectivity index is 1.85. The Morgan fingerprint density at radius 1 is 1.40 bits per heavy atom. The third-order valence-corrected chi connectivity index (χ3v) is 4.84. The summed E-state index contributed by atoms with van der Waals surface area (Å²) in [5.74, 6) is 4.31. The molecule has 0 bridgehead atoms. The molecule has 1 aromatic rings. The summed E-state index contributed by atoms with van der Waals surface area (Å²) in [6.45, 7) is 11.0. The Labute approximate surface area is 124 Å². The van der Waals surface area contributed by atoms with Crippen molar-refractivity contribution in [1.82, 2.24) is 10.2 Å². The molecule has 5 heteroatoms. The molecule has 1 fully saturated rings. The first kappa shape index (κ1) is 15.7. The molecule has 2 rings (SSSR count). The van der Waals surface area contributed by atoms with E-state index in [4.69, 9.17) is 4.42 Å². The Morgan fingerprint density at radius 3 is 2.75 bits per heavy atom. The van der Waals surface area contributed by atoms with Crippen molar-refractivity contribution < 1.29 is 8.63 Å². The molecule has 20 heavy (non-hydrogen) atoms. The SMILES string of the molecule is Cc1cc(CN2CCS(=O)CC2)oc1CNCC(C)C. The molecule has 0 amide bonds. The van der Waals surface area contributed by atoms with Crippen LogP contribution in [0.2, 0.25) is 0 Å². The zero-order valence-corrected chi connectivity index (χ0v) is 13.6. The molecule has 1 aliphatic rings. The fourth-order valence-electron chi connectivity index (χ4n) is 2.37. The zero-order chi connectivity index (χ0) is 14.5. The molecule has 1 N–H and O–H groups in total. The van der Waals surface area contributed by atoms with Crippen molar-refractivity contribution in [2.45, 2.75) is 33.9 Å². The van der Waals surface area contributed by atoms with Gasteiger partial charge >= 0.3 is 0 Å². The average molecular weight is 298 g/mol. The van der Waals surface area contributed by atoms with Crippen LogP contribution in [0, 0.1) is 12.8 Å². The van der Waals surface area contributed by atoms with Gasteiger partial charge in [0.15, 0.2) is 0 Å². The first-order valence-corrected chi connectivity index (χ1v) is 8.89. The summed E-state index contributed by atoms with van der Waals surface area (Å²) in [6, 6.07) is 2.14. The molecule has 114 valence electrons. The fourth-order valence-corrected chi connectivity index (χ4v) is 3.50. The minimum atomic E-state index is -0.609. The van der Waals surface area contributed by atoms with Gasteiger partial charge in [-0.3, -0.25) is 9.11 Å². The van der Waals surface area contributed by atoms with E-state index < -0.39 is 10.8 Å². The van der Waals surface area contributed by atoms with Gasteiger partial charge in [-0.15, -0.1) is 0 Å². The number of aryl methyl sites for hydroxylation is 1. The smallest absolute Gasteiger partial charge is 0.120 e. The van der Waals surface area contributed by atoms with Crippen LogP contribution in [0.1, 0.15) is 30.9 Å². The van der Waals surface area contributed by atoms with E-state index in [1.807, 2.05) is 0 Å². The minimum Gasteiger partial charge on any atom is -0.463 e. The summed E-state index contributed by atoms with van der Waals surface area (Å²) in [7, 11) is -0.609. The van der Waals surface area contributed by atoms with Gasteiger partial charge in [0.2, 0.25) is 0 Å². The summed E-state index contributed by atoms with van der Waals surface area (Å²) in [6.07, 6.45) is 0. The van der Waals surface area contributed by atoms with Crippen molar-refractivity contribution in [3.8, 4) is 0 Å². The van der Waals surface area contributed by atoms with E-state index in [-0.39, 0.29) is 0 Å². The van der Waals surface area contributed by atoms with Crippen LogP contribution in [-0.4, -0.2) is 40.2 Å². The number of nitrogens with zero attached hydrogens (tertiary/aromatic N) is 1. The largest absolute Gasteiger partial charge is 0.463 e. The second-order valence-electron chi connectivity index (χ2n) is 5.97. The summed E-state index contributed by atoms with van der Waals surface area (Å²) in [5.41, 5.74) is 1.22. The maximum absolute atomic E-state index is 11.3. The molecule has 1 saturated heterocycles. The van der Waals surface area contributed by atoms with Gasteiger partial charge in [-0.2, -0.15) is 0 Å². The predicted molar refractivity (Wildman–Crippen MR) is 83.1 cm³/mol. The third-order valence-electron chi connectivity index (χ3n) is 3.56. The lowest BCUT2D eigenvalue weighted by molar-refractivity contribution is 0.261. The summed E-state index contributed by atoms with van der Waals surface area (Å²) < 4.78 is 17.3. The number of furan rings is 1. The number of hydrogen-bond acceptors (Lipinski definition) is 4. The second-order valence-corrected chi connectivity index (χ2v) is 7.66. The number of nitrogens with one attached hydrogen (secondary N) is 1. The lowest BCUT2D eigenvalue weighted by atomic mass is 10.2. The van der Waals surface area contributed by atoms with Crippen LogP contribution in [0.5, 0.6) is 0 Å². The second kappa shape index (κ2) is 7.38. The monoisotopic (exact) mass is 298 g/mol. The van der Waals surface area contributed by atoms with Gasteiger partial charge in [0.25, 0.3) is 0 Å². The van der Waals surface area contributed by atoms with Gasteiger partial charge in [0.05, 0.1) is 13.1 Å². The Kier molecular flexibility index (Phi) is 5.81. The van der Waals surface area contributed by atoms with Crippen LogP contribution in [0.15, 0.2) is 10.5 Å². The maximum Gasteiger partial charge on any atom is 0.120 e. The molecule has 0 aromatic carbocycles. The first-order valence-electron chi connectivity index (χ1n) is 7.41. The van der Waals surface area contributed by atoms with Crippen LogP contribution in [0.25, 0.3) is 0 Å². The van der Waals surface area contributed by atoms with E-state index in [1.165, 1.54) is 5.56 Å². The maximum atomic E-state index is 11.3. The highest BCUT2D eigenvalue weighted by molar-refractivity contribution is 7.85. The van der Waals surface area contributed by atoms with Crippen LogP contribution in [-0.2, 0) is 23.9 Å². The van der Waals surface area contributed by atoms with Crippen molar-refractivity contribution in [1.29, 1.82) is 0 Å². The van der Waals surface area contributed by atoms with Gasteiger partial charge < -0.3 is 9.73 Å². The number of hydrogen-bond donors (Lipinski definition) is 1. The van der Waals surface area contributed by atoms with Gasteiger partial charge in [-0.25, -0.2) is 0 Å². The van der Waals surface area contributed by atoms with Crippen LogP contribution in [0.3, 0.4) is 0 Å². The molecular formula is C15H26N2O2S. The minimum absolute atomic E-state index is 0.609. The number of rotatable bonds is 6. The van der Waals surface area contributed by atoms with E-state index in [0.29, 0.717) is 5.92 Å². The molecule has 0 saturated carbocycles. The van der Waals surface area contributed by atoms with Crippen molar-refractivity contribution in [2.24, 2.45) is 5.92 Å². The highest BCUT2D eigenvalue weighted by Gasteiger charge is 2.17. The summed E-state index contributed by atoms with van der Waals surface area (Å²) in [4.78, 5) is 2.32. The van der Waals surface area contributed by atoms with Gasteiger partial charge in [-0.1, -0.05) is 13.8 Å². The zero-order valence-electron chi connectivity index (χ0n) is 12.8. The Morgan fingerprint density at radius 2 is 2.10 bits per heavy atom. The third kappa shape index (κ3) is 4.72. The molecule has 0 atom stereocenters. The van der Waals surface area contributed by atoms with Gasteiger partial charge in [-0.05, 0) is 31.0 Å². The summed E-state index contributed by atoms with van der Waals surface area (Å²) >= 11 is 0. The van der Waals surface area contributed by atoms with Crippen LogP contribution >= 0.6 is 0 Å². The van der Waals surface area contributed by atoms with E-state index in [9.17, 15) is 4.21 Å². The quantitative estimate of drug-likeness (QED) is 0.871. The molecule has 1 aliphatic heterocycles. The molecule has 0 aliphatic carbocycles. The Hall–Kier alpha value is -0.650. The topological polar surface area (TPSA) is 45.5 Å². The molecule has 0 spiro atoms. The highest BCUT2D eigenvalue weighted by Crippen LogP contribution is 2.17. The highest BCUT2D eigenvalue weighted by atomic mass is 32.2. The fraction of sp³-hybridized carbons (Fsp3) is 0.733. The van der Waals surface area contributed by atoms with Crippen LogP contribution < -0.4 is 5.32 Å². The molecule has 0 radical (unpaired) electrons. The molecular weight excluding hydrogens is 272 g/mol. The van der Waals surface area contributed by atoms with E-state index >= 15 is 0 Å². The summed E-state index contributed by atoms with van der Waals surface area (Å²) in [5, 5.41) is 3.42. The van der Waals surface area contributed by atoms with E-state index in [1.54, 1.807) is 0 Å². The predicted octanol–water partition coefficient (Wildman–Crippen LogP) is 1.90. The van der Waals surface area contributed by atoms with Crippen molar-refractivity contribution in [3.63, 3.8) is 0 Å². The molecule has 0 unspecified atom stereocenters. The first-order chi connectivity index (χ1) is 9.54. The standard InChI is InChI=1S/C15H26N2O2S/c1-12(2)9-16-10-15-13(3)8-14(19-15)11-17-4-6-20(18)7-5-17/h8,12,16H,4-7,9-11H2,1-3H3. The Bertz CT molecular complexity index is 447. The molecule has 2 heterocycles. The van der Waals surface area contributed by atoms with E-state index in [0.717, 1.165) is 55.7 Å². The van der Waals surface area contributed by atoms with E-state index in [2.05, 4.69) is 37.1 Å². The lowest BCUT2D eigenvalue weighted by Crippen LogP contribution is -2.37. The average Bonchev–Trinajstić information content (AvgIpc) is 2.72. The van der Waals surface area contributed by atoms with Gasteiger partial charge in [0, 0.05) is 35.4 Å². The molecule has 4 nitrogen and oxygen atoms in total. The van der Waals surface area contributed by atoms with Crippen LogP contribution in [0.4, 0.5) is 0 Å². The van der Waals surface area contributed by atoms with Crippen molar-refractivity contribution in [3.05, 3.63) is 23.2 Å². The van der Waals surface area contributed by atoms with Crippen molar-refractivity contribution in [2.75, 3.05) is 31.1 Å². The van der Waals surface area contributed by atoms with Crippen molar-refractivity contribution >= 4 is 10.8 Å². The molecule has 1 aromatic heterocycles. The lowest BCUT2D eigenvalue weighted by Gasteiger charge is -2.24. The van der Waals surface area contributed by atoms with Gasteiger partial charge in [0.1, 0.15) is 11.5 Å². The normalized spacial score (nSPS) is 18.0.